The summed E-state index contributed by atoms with van der Waals surface area (Å²) in [5.74, 6) is -1.68. The first-order valence-electron chi connectivity index (χ1n) is 11.7. The molecular weight excluding hydrogens is 542 g/mol. The van der Waals surface area contributed by atoms with Gasteiger partial charge in [-0.2, -0.15) is 8.42 Å². The number of alkyl carbamates (subject to hydrolysis) is 1. The standard InChI is InChI=1S/C23H37NO12SSi/c1-19-7-9-21(10-8-19)37(27,28)36-20(2)22(25)34-16-14-32-12-13-33-15-17-35-23(26)24-11-6-18-38(29-3,30-4)31-5/h7-10H,2,6,11-18H2,1,3-5H3,(H,24,26). The summed E-state index contributed by atoms with van der Waals surface area (Å²) in [6.07, 6.45) is 0.0385. The fourth-order valence-electron chi connectivity index (χ4n) is 2.81. The van der Waals surface area contributed by atoms with E-state index >= 15 is 0 Å². The normalized spacial score (nSPS) is 11.6. The second-order valence-electron chi connectivity index (χ2n) is 7.60. The van der Waals surface area contributed by atoms with Crippen molar-refractivity contribution >= 4 is 31.0 Å². The van der Waals surface area contributed by atoms with Gasteiger partial charge in [-0.3, -0.25) is 0 Å². The Labute approximate surface area is 224 Å². The van der Waals surface area contributed by atoms with Crippen LogP contribution in [0.25, 0.3) is 0 Å². The van der Waals surface area contributed by atoms with Crippen molar-refractivity contribution in [2.24, 2.45) is 0 Å². The minimum absolute atomic E-state index is 0.0470. The molecule has 0 aromatic heterocycles. The zero-order valence-corrected chi connectivity index (χ0v) is 24.0. The molecular formula is C23H37NO12SSi. The fourth-order valence-corrected chi connectivity index (χ4v) is 5.43. The van der Waals surface area contributed by atoms with E-state index in [2.05, 4.69) is 11.9 Å². The van der Waals surface area contributed by atoms with Gasteiger partial charge in [0.15, 0.2) is 0 Å². The Hall–Kier alpha value is -2.53. The topological polar surface area (TPSA) is 154 Å². The zero-order valence-electron chi connectivity index (χ0n) is 22.2. The number of amides is 1. The van der Waals surface area contributed by atoms with Gasteiger partial charge in [-0.05, 0) is 32.1 Å². The molecule has 216 valence electrons. The third kappa shape index (κ3) is 12.8. The largest absolute Gasteiger partial charge is 0.500 e. The van der Waals surface area contributed by atoms with Crippen LogP contribution in [0.2, 0.25) is 6.04 Å². The molecule has 0 aliphatic rings. The lowest BCUT2D eigenvalue weighted by molar-refractivity contribution is -0.143. The Morgan fingerprint density at radius 3 is 1.95 bits per heavy atom. The number of rotatable bonds is 20. The van der Waals surface area contributed by atoms with E-state index in [0.717, 1.165) is 5.56 Å². The molecule has 0 saturated heterocycles. The van der Waals surface area contributed by atoms with Gasteiger partial charge in [0.1, 0.15) is 18.1 Å². The Balaban J connectivity index is 2.05. The van der Waals surface area contributed by atoms with Crippen LogP contribution in [0.4, 0.5) is 4.79 Å². The predicted molar refractivity (Wildman–Crippen MR) is 137 cm³/mol. The lowest BCUT2D eigenvalue weighted by Gasteiger charge is -2.24. The van der Waals surface area contributed by atoms with Crippen molar-refractivity contribution in [2.45, 2.75) is 24.3 Å². The molecule has 38 heavy (non-hydrogen) atoms. The minimum atomic E-state index is -4.19. The molecule has 0 aliphatic carbocycles. The molecule has 0 unspecified atom stereocenters. The lowest BCUT2D eigenvalue weighted by Crippen LogP contribution is -2.43. The van der Waals surface area contributed by atoms with Gasteiger partial charge in [0.2, 0.25) is 5.76 Å². The number of aryl methyl sites for hydroxylation is 1. The van der Waals surface area contributed by atoms with E-state index in [1.54, 1.807) is 12.1 Å². The number of carbonyl (C=O) groups excluding carboxylic acids is 2. The van der Waals surface area contributed by atoms with E-state index in [9.17, 15) is 18.0 Å². The van der Waals surface area contributed by atoms with E-state index in [0.29, 0.717) is 19.0 Å². The Kier molecular flexibility index (Phi) is 15.8. The monoisotopic (exact) mass is 579 g/mol. The van der Waals surface area contributed by atoms with E-state index in [1.165, 1.54) is 33.5 Å². The molecule has 1 N–H and O–H groups in total. The molecule has 0 atom stereocenters. The Morgan fingerprint density at radius 2 is 1.39 bits per heavy atom. The number of nitrogens with one attached hydrogen (secondary N) is 1. The summed E-state index contributed by atoms with van der Waals surface area (Å²) in [4.78, 5) is 23.4. The van der Waals surface area contributed by atoms with Crippen LogP contribution < -0.4 is 5.32 Å². The van der Waals surface area contributed by atoms with Gasteiger partial charge in [0, 0.05) is 33.9 Å². The van der Waals surface area contributed by atoms with Crippen LogP contribution in [0.3, 0.4) is 0 Å². The molecule has 0 radical (unpaired) electrons. The predicted octanol–water partition coefficient (Wildman–Crippen LogP) is 1.78. The van der Waals surface area contributed by atoms with Gasteiger partial charge >= 0.3 is 31.0 Å². The molecule has 0 bridgehead atoms. The number of hydrogen-bond acceptors (Lipinski definition) is 12. The van der Waals surface area contributed by atoms with Crippen LogP contribution >= 0.6 is 0 Å². The molecule has 1 aromatic carbocycles. The highest BCUT2D eigenvalue weighted by Gasteiger charge is 2.36. The van der Waals surface area contributed by atoms with Crippen molar-refractivity contribution in [3.63, 3.8) is 0 Å². The van der Waals surface area contributed by atoms with Crippen LogP contribution in [-0.2, 0) is 51.3 Å². The smallest absolute Gasteiger partial charge is 0.457 e. The van der Waals surface area contributed by atoms with Crippen molar-refractivity contribution in [2.75, 3.05) is 67.5 Å². The number of carbonyl (C=O) groups is 2. The third-order valence-electron chi connectivity index (χ3n) is 4.90. The molecule has 1 aromatic rings. The first kappa shape index (κ1) is 33.5. The maximum atomic E-state index is 12.2. The fraction of sp³-hybridized carbons (Fsp3) is 0.565. The van der Waals surface area contributed by atoms with Crippen molar-refractivity contribution in [1.82, 2.24) is 5.32 Å². The van der Waals surface area contributed by atoms with Crippen molar-refractivity contribution in [3.05, 3.63) is 42.2 Å². The maximum absolute atomic E-state index is 12.2. The molecule has 0 saturated carbocycles. The van der Waals surface area contributed by atoms with Crippen LogP contribution in [0.15, 0.2) is 41.5 Å². The number of esters is 1. The highest BCUT2D eigenvalue weighted by atomic mass is 32.2. The Bertz CT molecular complexity index is 959. The van der Waals surface area contributed by atoms with Gasteiger partial charge in [-0.15, -0.1) is 0 Å². The highest BCUT2D eigenvalue weighted by molar-refractivity contribution is 7.86. The van der Waals surface area contributed by atoms with E-state index in [4.69, 9.17) is 36.4 Å². The first-order chi connectivity index (χ1) is 18.1. The van der Waals surface area contributed by atoms with Gasteiger partial charge in [-0.25, -0.2) is 9.59 Å². The number of hydrogen-bond donors (Lipinski definition) is 1. The number of benzene rings is 1. The second-order valence-corrected chi connectivity index (χ2v) is 12.2. The van der Waals surface area contributed by atoms with Gasteiger partial charge in [0.25, 0.3) is 0 Å². The van der Waals surface area contributed by atoms with Crippen molar-refractivity contribution in [1.29, 1.82) is 0 Å². The van der Waals surface area contributed by atoms with E-state index < -0.39 is 36.7 Å². The summed E-state index contributed by atoms with van der Waals surface area (Å²) in [5.41, 5.74) is 0.873. The second kappa shape index (κ2) is 17.9. The van der Waals surface area contributed by atoms with Crippen LogP contribution in [0.5, 0.6) is 0 Å². The third-order valence-corrected chi connectivity index (χ3v) is 9.01. The summed E-state index contributed by atoms with van der Waals surface area (Å²) in [5, 5.41) is 2.62. The summed E-state index contributed by atoms with van der Waals surface area (Å²) < 4.78 is 65.4. The quantitative estimate of drug-likeness (QED) is 0.0598. The number of ether oxygens (including phenoxy) is 4. The maximum Gasteiger partial charge on any atom is 0.500 e. The van der Waals surface area contributed by atoms with E-state index in [-0.39, 0.29) is 44.5 Å². The highest BCUT2D eigenvalue weighted by Crippen LogP contribution is 2.16. The van der Waals surface area contributed by atoms with Gasteiger partial charge in [-0.1, -0.05) is 17.7 Å². The van der Waals surface area contributed by atoms with Crippen LogP contribution in [0, 0.1) is 6.92 Å². The molecule has 1 rings (SSSR count). The molecule has 15 heteroatoms. The first-order valence-corrected chi connectivity index (χ1v) is 15.0. The average molecular weight is 580 g/mol. The van der Waals surface area contributed by atoms with Gasteiger partial charge < -0.3 is 41.7 Å². The molecule has 0 fully saturated rings. The summed E-state index contributed by atoms with van der Waals surface area (Å²) in [6, 6.07) is 6.48. The molecule has 1 amide bonds. The summed E-state index contributed by atoms with van der Waals surface area (Å²) >= 11 is 0. The molecule has 0 aliphatic heterocycles. The summed E-state index contributed by atoms with van der Waals surface area (Å²) in [7, 11) is -2.26. The van der Waals surface area contributed by atoms with Crippen LogP contribution in [0.1, 0.15) is 12.0 Å². The molecule has 13 nitrogen and oxygen atoms in total. The van der Waals surface area contributed by atoms with E-state index in [1.807, 2.05) is 6.92 Å². The zero-order chi connectivity index (χ0) is 28.4. The van der Waals surface area contributed by atoms with Crippen molar-refractivity contribution in [3.8, 4) is 0 Å². The van der Waals surface area contributed by atoms with Crippen molar-refractivity contribution < 1.29 is 54.4 Å². The Morgan fingerprint density at radius 1 is 0.868 bits per heavy atom. The molecule has 0 spiro atoms. The van der Waals surface area contributed by atoms with Crippen LogP contribution in [-0.4, -0.2) is 96.8 Å². The average Bonchev–Trinajstić information content (AvgIpc) is 2.90. The van der Waals surface area contributed by atoms with Gasteiger partial charge in [0.05, 0.1) is 26.4 Å². The summed E-state index contributed by atoms with van der Waals surface area (Å²) in [6.45, 7) is 6.05. The lowest BCUT2D eigenvalue weighted by atomic mass is 10.2. The SMILES string of the molecule is C=C(OS(=O)(=O)c1ccc(C)cc1)C(=O)OCCOCCOCCOC(=O)NCCC[Si](OC)(OC)OC. The molecule has 0 heterocycles. The minimum Gasteiger partial charge on any atom is -0.457 e.